The van der Waals surface area contributed by atoms with Gasteiger partial charge in [0.25, 0.3) is 5.91 Å². The molecule has 0 saturated carbocycles. The second-order valence-corrected chi connectivity index (χ2v) is 10.7. The van der Waals surface area contributed by atoms with Crippen molar-refractivity contribution in [2.75, 3.05) is 32.8 Å². The standard InChI is InChI=1S/C22H32N2O5S/c1-16-11-17(2)14-23(13-16)21(25)15-29-22(26)20-12-19(8-7-18(20)3)30(27,28)24-9-5-4-6-10-24/h7-8,12,16-17H,4-6,9-11,13-15H2,1-3H3/t16-,17-/m1/s1. The average Bonchev–Trinajstić information content (AvgIpc) is 2.71. The second-order valence-electron chi connectivity index (χ2n) is 8.76. The number of piperidine rings is 2. The van der Waals surface area contributed by atoms with E-state index in [2.05, 4.69) is 13.8 Å². The summed E-state index contributed by atoms with van der Waals surface area (Å²) in [7, 11) is -3.65. The Bertz CT molecular complexity index is 883. The quantitative estimate of drug-likeness (QED) is 0.663. The van der Waals surface area contributed by atoms with E-state index < -0.39 is 16.0 Å². The predicted octanol–water partition coefficient (Wildman–Crippen LogP) is 2.83. The summed E-state index contributed by atoms with van der Waals surface area (Å²) < 4.78 is 32.6. The molecular formula is C22H32N2O5S. The molecule has 8 heteroatoms. The Labute approximate surface area is 179 Å². The van der Waals surface area contributed by atoms with Crippen molar-refractivity contribution in [3.8, 4) is 0 Å². The highest BCUT2D eigenvalue weighted by Gasteiger charge is 2.28. The van der Waals surface area contributed by atoms with Crippen LogP contribution in [0.1, 0.15) is 55.5 Å². The molecule has 2 saturated heterocycles. The molecule has 2 heterocycles. The van der Waals surface area contributed by atoms with E-state index in [1.807, 2.05) is 0 Å². The zero-order valence-corrected chi connectivity index (χ0v) is 18.9. The lowest BCUT2D eigenvalue weighted by Crippen LogP contribution is -2.44. The summed E-state index contributed by atoms with van der Waals surface area (Å²) in [4.78, 5) is 27.0. The molecule has 0 N–H and O–H groups in total. The fourth-order valence-corrected chi connectivity index (χ4v) is 5.94. The van der Waals surface area contributed by atoms with E-state index in [1.54, 1.807) is 17.9 Å². The number of carbonyl (C=O) groups excluding carboxylic acids is 2. The normalized spacial score (nSPS) is 23.2. The summed E-state index contributed by atoms with van der Waals surface area (Å²) >= 11 is 0. The van der Waals surface area contributed by atoms with E-state index in [9.17, 15) is 18.0 Å². The van der Waals surface area contributed by atoms with Crippen molar-refractivity contribution in [3.05, 3.63) is 29.3 Å². The summed E-state index contributed by atoms with van der Waals surface area (Å²) in [5, 5.41) is 0. The van der Waals surface area contributed by atoms with Gasteiger partial charge in [0.15, 0.2) is 6.61 Å². The van der Waals surface area contributed by atoms with Gasteiger partial charge in [0.2, 0.25) is 10.0 Å². The first kappa shape index (κ1) is 22.7. The third-order valence-corrected chi connectivity index (χ3v) is 7.82. The minimum Gasteiger partial charge on any atom is -0.452 e. The molecule has 0 radical (unpaired) electrons. The summed E-state index contributed by atoms with van der Waals surface area (Å²) in [5.74, 6) is -0.0363. The molecule has 1 amide bonds. The zero-order valence-electron chi connectivity index (χ0n) is 18.1. The van der Waals surface area contributed by atoms with Crippen molar-refractivity contribution in [1.82, 2.24) is 9.21 Å². The van der Waals surface area contributed by atoms with Gasteiger partial charge >= 0.3 is 5.97 Å². The number of hydrogen-bond acceptors (Lipinski definition) is 5. The van der Waals surface area contributed by atoms with Crippen LogP contribution >= 0.6 is 0 Å². The summed E-state index contributed by atoms with van der Waals surface area (Å²) in [6.07, 6.45) is 3.80. The molecule has 166 valence electrons. The Morgan fingerprint density at radius 2 is 1.70 bits per heavy atom. The number of rotatable bonds is 5. The van der Waals surface area contributed by atoms with Crippen molar-refractivity contribution < 1.29 is 22.7 Å². The van der Waals surface area contributed by atoms with Crippen molar-refractivity contribution in [2.45, 2.75) is 51.3 Å². The van der Waals surface area contributed by atoms with Crippen molar-refractivity contribution in [1.29, 1.82) is 0 Å². The number of benzene rings is 1. The highest BCUT2D eigenvalue weighted by Crippen LogP contribution is 2.24. The van der Waals surface area contributed by atoms with Gasteiger partial charge < -0.3 is 9.64 Å². The van der Waals surface area contributed by atoms with Gasteiger partial charge in [-0.25, -0.2) is 13.2 Å². The molecule has 3 rings (SSSR count). The Kier molecular flexibility index (Phi) is 7.18. The molecule has 2 fully saturated rings. The van der Waals surface area contributed by atoms with E-state index in [4.69, 9.17) is 4.74 Å². The second kappa shape index (κ2) is 9.47. The molecule has 7 nitrogen and oxygen atoms in total. The lowest BCUT2D eigenvalue weighted by Gasteiger charge is -2.34. The Morgan fingerprint density at radius 3 is 2.33 bits per heavy atom. The predicted molar refractivity (Wildman–Crippen MR) is 114 cm³/mol. The van der Waals surface area contributed by atoms with Gasteiger partial charge in [-0.05, 0) is 55.7 Å². The minimum atomic E-state index is -3.65. The van der Waals surface area contributed by atoms with Crippen LogP contribution in [0.25, 0.3) is 0 Å². The summed E-state index contributed by atoms with van der Waals surface area (Å²) in [6.45, 7) is 7.95. The average molecular weight is 437 g/mol. The molecule has 0 unspecified atom stereocenters. The van der Waals surface area contributed by atoms with Gasteiger partial charge in [0, 0.05) is 26.2 Å². The van der Waals surface area contributed by atoms with Crippen LogP contribution in [-0.4, -0.2) is 62.3 Å². The smallest absolute Gasteiger partial charge is 0.338 e. The van der Waals surface area contributed by atoms with Crippen LogP contribution in [0.2, 0.25) is 0 Å². The van der Waals surface area contributed by atoms with Crippen LogP contribution in [0.4, 0.5) is 0 Å². The lowest BCUT2D eigenvalue weighted by atomic mass is 9.92. The van der Waals surface area contributed by atoms with Crippen molar-refractivity contribution >= 4 is 21.9 Å². The molecule has 0 aromatic heterocycles. The number of carbonyl (C=O) groups is 2. The molecule has 0 aliphatic carbocycles. The first-order valence-electron chi connectivity index (χ1n) is 10.7. The summed E-state index contributed by atoms with van der Waals surface area (Å²) in [5.41, 5.74) is 0.798. The number of ether oxygens (including phenoxy) is 1. The van der Waals surface area contributed by atoms with Crippen LogP contribution in [0, 0.1) is 18.8 Å². The monoisotopic (exact) mass is 436 g/mol. The molecule has 2 aliphatic rings. The van der Waals surface area contributed by atoms with Crippen LogP contribution in [0.15, 0.2) is 23.1 Å². The first-order valence-corrected chi connectivity index (χ1v) is 12.2. The molecule has 1 aromatic rings. The Balaban J connectivity index is 1.68. The largest absolute Gasteiger partial charge is 0.452 e. The van der Waals surface area contributed by atoms with Gasteiger partial charge in [0.1, 0.15) is 0 Å². The lowest BCUT2D eigenvalue weighted by molar-refractivity contribution is -0.137. The number of aryl methyl sites for hydroxylation is 1. The molecule has 0 bridgehead atoms. The first-order chi connectivity index (χ1) is 14.2. The third kappa shape index (κ3) is 5.21. The van der Waals surface area contributed by atoms with Crippen LogP contribution in [0.5, 0.6) is 0 Å². The summed E-state index contributed by atoms with van der Waals surface area (Å²) in [6, 6.07) is 4.51. The topological polar surface area (TPSA) is 84.0 Å². The van der Waals surface area contributed by atoms with Gasteiger partial charge in [-0.3, -0.25) is 4.79 Å². The van der Waals surface area contributed by atoms with E-state index in [0.29, 0.717) is 43.6 Å². The maximum Gasteiger partial charge on any atom is 0.338 e. The number of nitrogens with zero attached hydrogens (tertiary/aromatic N) is 2. The Hall–Kier alpha value is -1.93. The Morgan fingerprint density at radius 1 is 1.07 bits per heavy atom. The molecular weight excluding hydrogens is 404 g/mol. The van der Waals surface area contributed by atoms with Gasteiger partial charge in [-0.15, -0.1) is 0 Å². The fourth-order valence-electron chi connectivity index (χ4n) is 4.40. The minimum absolute atomic E-state index is 0.0898. The molecule has 2 atom stereocenters. The number of hydrogen-bond donors (Lipinski definition) is 0. The van der Waals surface area contributed by atoms with E-state index in [0.717, 1.165) is 25.7 Å². The molecule has 1 aromatic carbocycles. The number of amides is 1. The van der Waals surface area contributed by atoms with Gasteiger partial charge in [0.05, 0.1) is 10.5 Å². The van der Waals surface area contributed by atoms with E-state index in [1.165, 1.54) is 16.4 Å². The number of likely N-dealkylation sites (tertiary alicyclic amines) is 1. The van der Waals surface area contributed by atoms with Crippen LogP contribution in [-0.2, 0) is 19.6 Å². The molecule has 2 aliphatic heterocycles. The van der Waals surface area contributed by atoms with Crippen molar-refractivity contribution in [2.24, 2.45) is 11.8 Å². The van der Waals surface area contributed by atoms with Gasteiger partial charge in [-0.2, -0.15) is 4.31 Å². The fraction of sp³-hybridized carbons (Fsp3) is 0.636. The van der Waals surface area contributed by atoms with Gasteiger partial charge in [-0.1, -0.05) is 26.3 Å². The van der Waals surface area contributed by atoms with Crippen LogP contribution < -0.4 is 0 Å². The zero-order chi connectivity index (χ0) is 21.9. The number of sulfonamides is 1. The van der Waals surface area contributed by atoms with Crippen LogP contribution in [0.3, 0.4) is 0 Å². The highest BCUT2D eigenvalue weighted by molar-refractivity contribution is 7.89. The SMILES string of the molecule is Cc1ccc(S(=O)(=O)N2CCCCC2)cc1C(=O)OCC(=O)N1C[C@H](C)C[C@@H](C)C1. The maximum atomic E-state index is 12.9. The third-order valence-electron chi connectivity index (χ3n) is 5.93. The highest BCUT2D eigenvalue weighted by atomic mass is 32.2. The van der Waals surface area contributed by atoms with E-state index in [-0.39, 0.29) is 23.0 Å². The van der Waals surface area contributed by atoms with Crippen molar-refractivity contribution in [3.63, 3.8) is 0 Å². The number of esters is 1. The maximum absolute atomic E-state index is 12.9. The molecule has 0 spiro atoms. The molecule has 30 heavy (non-hydrogen) atoms. The van der Waals surface area contributed by atoms with E-state index >= 15 is 0 Å².